The molecule has 1 amide bonds. The van der Waals surface area contributed by atoms with Crippen molar-refractivity contribution in [1.82, 2.24) is 4.98 Å². The average molecular weight is 356 g/mol. The lowest BCUT2D eigenvalue weighted by atomic mass is 10.1. The maximum Gasteiger partial charge on any atom is 0.256 e. The Morgan fingerprint density at radius 2 is 1.88 bits per heavy atom. The second kappa shape index (κ2) is 6.70. The van der Waals surface area contributed by atoms with Gasteiger partial charge in [-0.3, -0.25) is 9.78 Å². The summed E-state index contributed by atoms with van der Waals surface area (Å²) in [6.07, 6.45) is 2.61. The fourth-order valence-electron chi connectivity index (χ4n) is 2.97. The van der Waals surface area contributed by atoms with Gasteiger partial charge in [0.25, 0.3) is 5.91 Å². The lowest BCUT2D eigenvalue weighted by molar-refractivity contribution is 0.102. The summed E-state index contributed by atoms with van der Waals surface area (Å²) in [5.74, 6) is 0.276. The quantitative estimate of drug-likeness (QED) is 0.671. The number of carbonyl (C=O) groups is 1. The van der Waals surface area contributed by atoms with Gasteiger partial charge in [-0.15, -0.1) is 12.4 Å². The van der Waals surface area contributed by atoms with Gasteiger partial charge < -0.3 is 16.2 Å². The number of nitrogens with one attached hydrogen (secondary N) is 1. The first-order valence-corrected chi connectivity index (χ1v) is 7.87. The summed E-state index contributed by atoms with van der Waals surface area (Å²) in [5.41, 5.74) is 8.69. The lowest BCUT2D eigenvalue weighted by Crippen LogP contribution is -2.12. The van der Waals surface area contributed by atoms with Gasteiger partial charge in [-0.25, -0.2) is 0 Å². The molecule has 1 fully saturated rings. The molecule has 2 aromatic carbocycles. The Kier molecular flexibility index (Phi) is 4.61. The van der Waals surface area contributed by atoms with E-state index in [9.17, 15) is 9.90 Å². The van der Waals surface area contributed by atoms with Crippen LogP contribution in [0.4, 0.5) is 5.69 Å². The number of halogens is 1. The van der Waals surface area contributed by atoms with Gasteiger partial charge >= 0.3 is 0 Å². The molecule has 6 heteroatoms. The van der Waals surface area contributed by atoms with Crippen LogP contribution in [-0.2, 0) is 0 Å². The van der Waals surface area contributed by atoms with E-state index < -0.39 is 0 Å². The highest BCUT2D eigenvalue weighted by Crippen LogP contribution is 2.39. The van der Waals surface area contributed by atoms with Crippen LogP contribution in [0.1, 0.15) is 28.3 Å². The molecule has 4 N–H and O–H groups in total. The maximum atomic E-state index is 12.6. The van der Waals surface area contributed by atoms with Crippen molar-refractivity contribution in [2.24, 2.45) is 5.73 Å². The van der Waals surface area contributed by atoms with E-state index in [2.05, 4.69) is 10.3 Å². The molecule has 5 nitrogen and oxygen atoms in total. The number of rotatable bonds is 3. The van der Waals surface area contributed by atoms with E-state index in [0.29, 0.717) is 22.4 Å². The van der Waals surface area contributed by atoms with Crippen LogP contribution in [-0.4, -0.2) is 22.0 Å². The Hall–Kier alpha value is -2.63. The molecule has 4 rings (SSSR count). The first-order valence-electron chi connectivity index (χ1n) is 7.87. The fourth-order valence-corrected chi connectivity index (χ4v) is 2.97. The second-order valence-corrected chi connectivity index (χ2v) is 6.11. The Balaban J connectivity index is 0.00000182. The van der Waals surface area contributed by atoms with E-state index in [-0.39, 0.29) is 30.1 Å². The molecular weight excluding hydrogens is 338 g/mol. The van der Waals surface area contributed by atoms with E-state index in [4.69, 9.17) is 5.73 Å². The van der Waals surface area contributed by atoms with E-state index in [1.807, 2.05) is 24.3 Å². The topological polar surface area (TPSA) is 88.2 Å². The fraction of sp³-hybridized carbons (Fsp3) is 0.158. The first kappa shape index (κ1) is 17.2. The van der Waals surface area contributed by atoms with Gasteiger partial charge in [0.15, 0.2) is 0 Å². The van der Waals surface area contributed by atoms with Gasteiger partial charge in [0.1, 0.15) is 11.3 Å². The van der Waals surface area contributed by atoms with E-state index in [1.165, 1.54) is 11.6 Å². The van der Waals surface area contributed by atoms with Gasteiger partial charge in [-0.1, -0.05) is 18.2 Å². The zero-order valence-corrected chi connectivity index (χ0v) is 14.2. The molecule has 0 aliphatic heterocycles. The number of hydrogen-bond donors (Lipinski definition) is 3. The third-order valence-electron chi connectivity index (χ3n) is 4.43. The molecule has 1 aliphatic rings. The minimum atomic E-state index is -0.233. The summed E-state index contributed by atoms with van der Waals surface area (Å²) in [6, 6.07) is 14.7. The van der Waals surface area contributed by atoms with Crippen LogP contribution < -0.4 is 11.1 Å². The SMILES string of the molecule is Cl.N[C@@H]1C[C@H]1c1ccc(NC(=O)c2ccc(O)c3ncccc23)cc1. The van der Waals surface area contributed by atoms with E-state index >= 15 is 0 Å². The number of anilines is 1. The molecular formula is C19H18ClN3O2. The molecule has 0 spiro atoms. The number of nitrogens with zero attached hydrogens (tertiary/aromatic N) is 1. The lowest BCUT2D eigenvalue weighted by Gasteiger charge is -2.09. The van der Waals surface area contributed by atoms with E-state index in [0.717, 1.165) is 12.1 Å². The number of benzene rings is 2. The van der Waals surface area contributed by atoms with Gasteiger partial charge in [0, 0.05) is 34.8 Å². The van der Waals surface area contributed by atoms with Crippen molar-refractivity contribution in [1.29, 1.82) is 0 Å². The van der Waals surface area contributed by atoms with E-state index in [1.54, 1.807) is 24.4 Å². The van der Waals surface area contributed by atoms with Crippen molar-refractivity contribution in [2.45, 2.75) is 18.4 Å². The Bertz CT molecular complexity index is 928. The molecule has 25 heavy (non-hydrogen) atoms. The van der Waals surface area contributed by atoms with Crippen LogP contribution in [0.3, 0.4) is 0 Å². The Morgan fingerprint density at radius 1 is 1.16 bits per heavy atom. The molecule has 1 aromatic heterocycles. The molecule has 2 atom stereocenters. The van der Waals surface area contributed by atoms with Crippen LogP contribution in [0.5, 0.6) is 5.75 Å². The van der Waals surface area contributed by atoms with Gasteiger partial charge in [-0.05, 0) is 42.3 Å². The number of hydrogen-bond acceptors (Lipinski definition) is 4. The standard InChI is InChI=1S/C19H17N3O2.ClH/c20-16-10-15(16)11-3-5-12(6-4-11)22-19(24)14-7-8-17(23)18-13(14)2-1-9-21-18;/h1-9,15-16,23H,10,20H2,(H,22,24);1H/t15-,16+;/m0./s1. The monoisotopic (exact) mass is 355 g/mol. The van der Waals surface area contributed by atoms with Gasteiger partial charge in [-0.2, -0.15) is 0 Å². The van der Waals surface area contributed by atoms with Crippen molar-refractivity contribution in [3.63, 3.8) is 0 Å². The molecule has 1 saturated carbocycles. The van der Waals surface area contributed by atoms with Crippen molar-refractivity contribution in [3.8, 4) is 5.75 Å². The minimum Gasteiger partial charge on any atom is -0.506 e. The second-order valence-electron chi connectivity index (χ2n) is 6.11. The molecule has 3 aromatic rings. The number of fused-ring (bicyclic) bond motifs is 1. The van der Waals surface area contributed by atoms with Crippen LogP contribution >= 0.6 is 12.4 Å². The smallest absolute Gasteiger partial charge is 0.256 e. The molecule has 0 unspecified atom stereocenters. The van der Waals surface area contributed by atoms with Crippen molar-refractivity contribution in [3.05, 3.63) is 65.9 Å². The zero-order valence-electron chi connectivity index (χ0n) is 13.3. The van der Waals surface area contributed by atoms with Gasteiger partial charge in [0.2, 0.25) is 0 Å². The van der Waals surface area contributed by atoms with Crippen LogP contribution in [0.25, 0.3) is 10.9 Å². The van der Waals surface area contributed by atoms with Crippen LogP contribution in [0.15, 0.2) is 54.7 Å². The molecule has 0 radical (unpaired) electrons. The van der Waals surface area contributed by atoms with Crippen molar-refractivity contribution < 1.29 is 9.90 Å². The van der Waals surface area contributed by atoms with Crippen LogP contribution in [0.2, 0.25) is 0 Å². The van der Waals surface area contributed by atoms with Gasteiger partial charge in [0.05, 0.1) is 0 Å². The Labute approximate surface area is 151 Å². The van der Waals surface area contributed by atoms with Crippen molar-refractivity contribution in [2.75, 3.05) is 5.32 Å². The predicted molar refractivity (Wildman–Crippen MR) is 100 cm³/mol. The number of phenolic OH excluding ortho intramolecular Hbond substituents is 1. The summed E-state index contributed by atoms with van der Waals surface area (Å²) in [6.45, 7) is 0. The molecule has 1 heterocycles. The minimum absolute atomic E-state index is 0. The number of aromatic hydroxyl groups is 1. The molecule has 0 bridgehead atoms. The summed E-state index contributed by atoms with van der Waals surface area (Å²) in [7, 11) is 0. The van der Waals surface area contributed by atoms with Crippen molar-refractivity contribution >= 4 is 34.9 Å². The third-order valence-corrected chi connectivity index (χ3v) is 4.43. The normalized spacial score (nSPS) is 18.4. The number of aromatic nitrogens is 1. The summed E-state index contributed by atoms with van der Waals surface area (Å²) < 4.78 is 0. The molecule has 1 aliphatic carbocycles. The zero-order chi connectivity index (χ0) is 16.7. The first-order chi connectivity index (χ1) is 11.6. The molecule has 128 valence electrons. The number of pyridine rings is 1. The number of phenols is 1. The van der Waals surface area contributed by atoms with Crippen LogP contribution in [0, 0.1) is 0 Å². The Morgan fingerprint density at radius 3 is 2.56 bits per heavy atom. The maximum absolute atomic E-state index is 12.6. The summed E-state index contributed by atoms with van der Waals surface area (Å²) in [4.78, 5) is 16.7. The highest BCUT2D eigenvalue weighted by Gasteiger charge is 2.34. The average Bonchev–Trinajstić information content (AvgIpc) is 3.33. The highest BCUT2D eigenvalue weighted by molar-refractivity contribution is 6.13. The molecule has 0 saturated heterocycles. The highest BCUT2D eigenvalue weighted by atomic mass is 35.5. The number of nitrogens with two attached hydrogens (primary N) is 1. The summed E-state index contributed by atoms with van der Waals surface area (Å²) in [5, 5.41) is 13.4. The third kappa shape index (κ3) is 3.29. The largest absolute Gasteiger partial charge is 0.506 e. The summed E-state index contributed by atoms with van der Waals surface area (Å²) >= 11 is 0. The number of carbonyl (C=O) groups excluding carboxylic acids is 1. The number of amides is 1. The predicted octanol–water partition coefficient (Wildman–Crippen LogP) is 3.43.